The molecule has 0 saturated carbocycles. The van der Waals surface area contributed by atoms with Gasteiger partial charge in [-0.15, -0.1) is 0 Å². The molecule has 0 N–H and O–H groups in total. The SMILES string of the molecule is C1=C(c2ccccc2)c2c(oc3cc(-n4c5ccccc5c5ccc6c7ccccc7n(-c7ccc(-c8ccccc8)cc7)c6c54)ccc23)CC1. The third-order valence-corrected chi connectivity index (χ3v) is 10.8. The zero-order valence-corrected chi connectivity index (χ0v) is 27.9. The highest BCUT2D eigenvalue weighted by Gasteiger charge is 2.24. The summed E-state index contributed by atoms with van der Waals surface area (Å²) in [5, 5.41) is 6.12. The van der Waals surface area contributed by atoms with Crippen molar-refractivity contribution >= 4 is 60.2 Å². The van der Waals surface area contributed by atoms with Gasteiger partial charge in [-0.05, 0) is 65.1 Å². The first-order valence-corrected chi connectivity index (χ1v) is 17.7. The average molecular weight is 653 g/mol. The van der Waals surface area contributed by atoms with Gasteiger partial charge in [0.2, 0.25) is 0 Å². The van der Waals surface area contributed by atoms with Crippen molar-refractivity contribution in [2.45, 2.75) is 12.8 Å². The van der Waals surface area contributed by atoms with Crippen LogP contribution in [-0.4, -0.2) is 9.13 Å². The fourth-order valence-corrected chi connectivity index (χ4v) is 8.55. The van der Waals surface area contributed by atoms with Gasteiger partial charge in [-0.2, -0.15) is 0 Å². The number of aromatic nitrogens is 2. The van der Waals surface area contributed by atoms with Crippen LogP contribution in [0.15, 0.2) is 174 Å². The predicted octanol–water partition coefficient (Wildman–Crippen LogP) is 12.7. The van der Waals surface area contributed by atoms with E-state index in [0.717, 1.165) is 35.6 Å². The maximum atomic E-state index is 6.72. The largest absolute Gasteiger partial charge is 0.460 e. The smallest absolute Gasteiger partial charge is 0.137 e. The molecule has 0 atom stereocenters. The fraction of sp³-hybridized carbons (Fsp3) is 0.0417. The lowest BCUT2D eigenvalue weighted by Gasteiger charge is -2.14. The third kappa shape index (κ3) is 4.18. The molecule has 1 aliphatic carbocycles. The molecule has 7 aromatic carbocycles. The summed E-state index contributed by atoms with van der Waals surface area (Å²) >= 11 is 0. The molecule has 10 aromatic rings. The third-order valence-electron chi connectivity index (χ3n) is 10.8. The Morgan fingerprint density at radius 1 is 0.431 bits per heavy atom. The molecule has 0 aliphatic heterocycles. The Labute approximate surface area is 294 Å². The molecule has 51 heavy (non-hydrogen) atoms. The Morgan fingerprint density at radius 2 is 0.961 bits per heavy atom. The number of benzene rings is 7. The highest BCUT2D eigenvalue weighted by molar-refractivity contribution is 6.24. The van der Waals surface area contributed by atoms with Crippen LogP contribution in [0.1, 0.15) is 23.3 Å². The van der Waals surface area contributed by atoms with Crippen LogP contribution in [0, 0.1) is 0 Å². The summed E-state index contributed by atoms with van der Waals surface area (Å²) < 4.78 is 11.6. The second kappa shape index (κ2) is 11.0. The average Bonchev–Trinajstić information content (AvgIpc) is 3.86. The van der Waals surface area contributed by atoms with Gasteiger partial charge >= 0.3 is 0 Å². The normalized spacial score (nSPS) is 13.1. The molecule has 11 rings (SSSR count). The minimum atomic E-state index is 0.912. The lowest BCUT2D eigenvalue weighted by atomic mass is 9.89. The van der Waals surface area contributed by atoms with E-state index in [0.29, 0.717) is 0 Å². The van der Waals surface area contributed by atoms with E-state index in [-0.39, 0.29) is 0 Å². The van der Waals surface area contributed by atoms with Gasteiger partial charge in [0, 0.05) is 50.7 Å². The van der Waals surface area contributed by atoms with Crippen LogP contribution in [0.25, 0.3) is 82.7 Å². The van der Waals surface area contributed by atoms with Crippen molar-refractivity contribution in [1.82, 2.24) is 9.13 Å². The summed E-state index contributed by atoms with van der Waals surface area (Å²) in [5.41, 5.74) is 14.1. The van der Waals surface area contributed by atoms with Gasteiger partial charge in [0.25, 0.3) is 0 Å². The standard InChI is InChI=1S/C48H32N2O/c1-3-12-31(13-4-1)32-22-24-34(25-23-32)49-42-19-9-7-16-37(42)39-28-29-40-38-17-8-10-20-43(38)50(48(40)47(39)49)35-26-27-41-45(30-35)51-44-21-11-18-36(46(41)44)33-14-5-2-6-15-33/h1-10,12-20,22-30H,11,21H2. The van der Waals surface area contributed by atoms with Gasteiger partial charge in [-0.1, -0.05) is 127 Å². The van der Waals surface area contributed by atoms with E-state index in [1.807, 2.05) is 0 Å². The summed E-state index contributed by atoms with van der Waals surface area (Å²) in [6.45, 7) is 0. The molecule has 3 nitrogen and oxygen atoms in total. The molecule has 0 unspecified atom stereocenters. The second-order valence-electron chi connectivity index (χ2n) is 13.6. The zero-order chi connectivity index (χ0) is 33.5. The first-order valence-electron chi connectivity index (χ1n) is 17.7. The van der Waals surface area contributed by atoms with E-state index < -0.39 is 0 Å². The number of fused-ring (bicyclic) bond motifs is 10. The van der Waals surface area contributed by atoms with Crippen LogP contribution in [0.5, 0.6) is 0 Å². The molecule has 1 aliphatic rings. The number of furan rings is 1. The maximum Gasteiger partial charge on any atom is 0.137 e. The molecule has 3 aromatic heterocycles. The molecule has 0 spiro atoms. The topological polar surface area (TPSA) is 23.0 Å². The van der Waals surface area contributed by atoms with Crippen molar-refractivity contribution in [2.75, 3.05) is 0 Å². The number of allylic oxidation sites excluding steroid dienone is 1. The minimum Gasteiger partial charge on any atom is -0.460 e. The molecule has 3 heterocycles. The Balaban J connectivity index is 1.19. The van der Waals surface area contributed by atoms with Crippen molar-refractivity contribution in [3.8, 4) is 22.5 Å². The van der Waals surface area contributed by atoms with Crippen LogP contribution in [-0.2, 0) is 6.42 Å². The Bertz CT molecular complexity index is 2990. The molecular formula is C48H32N2O. The van der Waals surface area contributed by atoms with Crippen molar-refractivity contribution < 1.29 is 4.42 Å². The quantitative estimate of drug-likeness (QED) is 0.186. The highest BCUT2D eigenvalue weighted by Crippen LogP contribution is 2.44. The lowest BCUT2D eigenvalue weighted by Crippen LogP contribution is -1.99. The van der Waals surface area contributed by atoms with Gasteiger partial charge in [0.1, 0.15) is 11.3 Å². The number of aryl methyl sites for hydroxylation is 1. The molecule has 3 heteroatoms. The maximum absolute atomic E-state index is 6.72. The summed E-state index contributed by atoms with van der Waals surface area (Å²) in [6.07, 6.45) is 4.26. The van der Waals surface area contributed by atoms with Gasteiger partial charge in [0.05, 0.1) is 27.8 Å². The Kier molecular flexibility index (Phi) is 6.08. The van der Waals surface area contributed by atoms with Crippen molar-refractivity contribution in [1.29, 1.82) is 0 Å². The predicted molar refractivity (Wildman–Crippen MR) is 212 cm³/mol. The Hall–Kier alpha value is -6.58. The number of nitrogens with zero attached hydrogens (tertiary/aromatic N) is 2. The first-order chi connectivity index (χ1) is 25.3. The van der Waals surface area contributed by atoms with Crippen molar-refractivity contribution in [2.24, 2.45) is 0 Å². The molecule has 0 radical (unpaired) electrons. The van der Waals surface area contributed by atoms with E-state index in [2.05, 4.69) is 179 Å². The molecule has 0 bridgehead atoms. The van der Waals surface area contributed by atoms with Crippen molar-refractivity contribution in [3.63, 3.8) is 0 Å². The van der Waals surface area contributed by atoms with Crippen LogP contribution in [0.3, 0.4) is 0 Å². The number of hydrogen-bond donors (Lipinski definition) is 0. The minimum absolute atomic E-state index is 0.912. The number of hydrogen-bond acceptors (Lipinski definition) is 1. The fourth-order valence-electron chi connectivity index (χ4n) is 8.55. The molecule has 0 fully saturated rings. The Morgan fingerprint density at radius 3 is 1.63 bits per heavy atom. The van der Waals surface area contributed by atoms with Crippen LogP contribution in [0.4, 0.5) is 0 Å². The van der Waals surface area contributed by atoms with Gasteiger partial charge in [-0.3, -0.25) is 0 Å². The lowest BCUT2D eigenvalue weighted by molar-refractivity contribution is 0.545. The molecule has 240 valence electrons. The number of rotatable bonds is 4. The van der Waals surface area contributed by atoms with Gasteiger partial charge < -0.3 is 13.6 Å². The molecular weight excluding hydrogens is 621 g/mol. The monoisotopic (exact) mass is 652 g/mol. The van der Waals surface area contributed by atoms with Gasteiger partial charge in [-0.25, -0.2) is 0 Å². The van der Waals surface area contributed by atoms with Crippen LogP contribution >= 0.6 is 0 Å². The summed E-state index contributed by atoms with van der Waals surface area (Å²) in [4.78, 5) is 0. The van der Waals surface area contributed by atoms with Crippen LogP contribution < -0.4 is 0 Å². The second-order valence-corrected chi connectivity index (χ2v) is 13.6. The van der Waals surface area contributed by atoms with Gasteiger partial charge in [0.15, 0.2) is 0 Å². The van der Waals surface area contributed by atoms with Crippen LogP contribution in [0.2, 0.25) is 0 Å². The van der Waals surface area contributed by atoms with E-state index in [1.54, 1.807) is 0 Å². The highest BCUT2D eigenvalue weighted by atomic mass is 16.3. The van der Waals surface area contributed by atoms with E-state index in [9.17, 15) is 0 Å². The van der Waals surface area contributed by atoms with E-state index in [4.69, 9.17) is 4.42 Å². The molecule has 0 amide bonds. The van der Waals surface area contributed by atoms with E-state index >= 15 is 0 Å². The van der Waals surface area contributed by atoms with E-state index in [1.165, 1.54) is 76.8 Å². The summed E-state index contributed by atoms with van der Waals surface area (Å²) in [5.74, 6) is 1.08. The number of para-hydroxylation sites is 2. The molecule has 0 saturated heterocycles. The van der Waals surface area contributed by atoms with Crippen molar-refractivity contribution in [3.05, 3.63) is 187 Å². The summed E-state index contributed by atoms with van der Waals surface area (Å²) in [7, 11) is 0. The first kappa shape index (κ1) is 28.3. The zero-order valence-electron chi connectivity index (χ0n) is 27.9. The summed E-state index contributed by atoms with van der Waals surface area (Å²) in [6, 6.07) is 59.3.